The van der Waals surface area contributed by atoms with E-state index < -0.39 is 21.5 Å². The van der Waals surface area contributed by atoms with Gasteiger partial charge in [0.15, 0.2) is 0 Å². The van der Waals surface area contributed by atoms with Crippen LogP contribution in [0.5, 0.6) is 0 Å². The Balaban J connectivity index is 3.79. The Morgan fingerprint density at radius 2 is 1.22 bits per heavy atom. The van der Waals surface area contributed by atoms with Crippen LogP contribution in [0.1, 0.15) is 37.5 Å². The highest BCUT2D eigenvalue weighted by atomic mass is 35.5. The average molecular weight is 319 g/mol. The summed E-state index contributed by atoms with van der Waals surface area (Å²) in [6.07, 6.45) is 0. The second kappa shape index (κ2) is 4.80. The summed E-state index contributed by atoms with van der Waals surface area (Å²) in [4.78, 5) is -0.648. The topological polar surface area (TPSA) is 0 Å². The molecule has 6 heteroatoms. The monoisotopic (exact) mass is 318 g/mol. The Labute approximate surface area is 118 Å². The van der Waals surface area contributed by atoms with Crippen molar-refractivity contribution in [2.24, 2.45) is 0 Å². The van der Waals surface area contributed by atoms with E-state index in [1.807, 2.05) is 20.8 Å². The molecule has 1 aromatic carbocycles. The zero-order valence-electron chi connectivity index (χ0n) is 10.8. The van der Waals surface area contributed by atoms with E-state index in [0.29, 0.717) is 5.56 Å². The molecule has 0 N–H and O–H groups in total. The van der Waals surface area contributed by atoms with Gasteiger partial charge in [0, 0.05) is 0 Å². The van der Waals surface area contributed by atoms with Crippen molar-refractivity contribution in [3.8, 4) is 0 Å². The molecule has 0 fully saturated rings. The third kappa shape index (κ3) is 2.75. The molecule has 0 aromatic heterocycles. The highest BCUT2D eigenvalue weighted by Crippen LogP contribution is 2.64. The van der Waals surface area contributed by atoms with Crippen LogP contribution in [0.25, 0.3) is 0 Å². The van der Waals surface area contributed by atoms with Crippen molar-refractivity contribution in [3.63, 3.8) is 0 Å². The first kappa shape index (κ1) is 16.0. The Bertz CT molecular complexity index is 414. The summed E-state index contributed by atoms with van der Waals surface area (Å²) >= 11 is 6.85. The molecule has 0 radical (unpaired) electrons. The van der Waals surface area contributed by atoms with Crippen LogP contribution in [0.4, 0.5) is 11.7 Å². The number of benzene rings is 1. The molecule has 0 nitrogen and oxygen atoms in total. The molecule has 0 atom stereocenters. The van der Waals surface area contributed by atoms with Gasteiger partial charge in [-0.05, 0) is 36.0 Å². The number of halogens is 5. The van der Waals surface area contributed by atoms with E-state index in [4.69, 9.17) is 23.2 Å². The van der Waals surface area contributed by atoms with E-state index in [1.165, 1.54) is 13.8 Å². The average Bonchev–Trinajstić information content (AvgIpc) is 2.10. The quantitative estimate of drug-likeness (QED) is 0.538. The molecule has 0 spiro atoms. The predicted molar refractivity (Wildman–Crippen MR) is 73.8 cm³/mol. The maximum absolute atomic E-state index is 13.1. The van der Waals surface area contributed by atoms with Gasteiger partial charge in [0.25, 0.3) is 0 Å². The van der Waals surface area contributed by atoms with Gasteiger partial charge in [0.1, 0.15) is 0 Å². The number of hydrogen-bond donors (Lipinski definition) is 0. The van der Waals surface area contributed by atoms with Gasteiger partial charge in [-0.25, -0.2) is 0 Å². The second-order valence-corrected chi connectivity index (χ2v) is 7.22. The molecule has 0 heterocycles. The lowest BCUT2D eigenvalue weighted by atomic mass is 9.85. The van der Waals surface area contributed by atoms with E-state index in [2.05, 4.69) is 0 Å². The molecule has 18 heavy (non-hydrogen) atoms. The zero-order chi connectivity index (χ0) is 14.5. The molecule has 0 saturated heterocycles. The van der Waals surface area contributed by atoms with Crippen molar-refractivity contribution in [2.75, 3.05) is 0 Å². The fourth-order valence-electron chi connectivity index (χ4n) is 1.96. The minimum Gasteiger partial charge on any atom is -0.120 e. The van der Waals surface area contributed by atoms with Gasteiger partial charge in [-0.15, -0.1) is 11.7 Å². The fourth-order valence-corrected chi connectivity index (χ4v) is 3.96. The van der Waals surface area contributed by atoms with Crippen molar-refractivity contribution in [2.45, 2.75) is 44.9 Å². The third-order valence-electron chi connectivity index (χ3n) is 2.76. The van der Waals surface area contributed by atoms with Crippen LogP contribution in [-0.2, 0) is 5.41 Å². The first-order valence-electron chi connectivity index (χ1n) is 5.29. The van der Waals surface area contributed by atoms with Crippen LogP contribution in [0.2, 0.25) is 10.0 Å². The molecule has 0 saturated carbocycles. The van der Waals surface area contributed by atoms with E-state index in [1.54, 1.807) is 0 Å². The van der Waals surface area contributed by atoms with E-state index in [0.717, 1.165) is 0 Å². The van der Waals surface area contributed by atoms with Gasteiger partial charge in [-0.1, -0.05) is 44.0 Å². The summed E-state index contributed by atoms with van der Waals surface area (Å²) in [5.74, 6) is 0. The van der Waals surface area contributed by atoms with Crippen LogP contribution in [0.15, 0.2) is 4.90 Å². The molecular formula is C12H15Cl2F3S. The first-order chi connectivity index (χ1) is 7.89. The van der Waals surface area contributed by atoms with Crippen LogP contribution in [0, 0.1) is 13.8 Å². The Hall–Kier alpha value is -0.0600. The van der Waals surface area contributed by atoms with Gasteiger partial charge < -0.3 is 0 Å². The molecule has 1 aromatic rings. The third-order valence-corrected chi connectivity index (χ3v) is 4.78. The molecule has 1 rings (SSSR count). The predicted octanol–water partition coefficient (Wildman–Crippen LogP) is 6.72. The molecule has 0 bridgehead atoms. The van der Waals surface area contributed by atoms with Gasteiger partial charge >= 0.3 is 0 Å². The lowest BCUT2D eigenvalue weighted by molar-refractivity contribution is 0.586. The van der Waals surface area contributed by atoms with Crippen molar-refractivity contribution in [1.82, 2.24) is 0 Å². The van der Waals surface area contributed by atoms with Crippen LogP contribution in [-0.4, -0.2) is 0 Å². The molecule has 0 aliphatic rings. The smallest absolute Gasteiger partial charge is 0.120 e. The Morgan fingerprint density at radius 3 is 1.44 bits per heavy atom. The molecular weight excluding hydrogens is 304 g/mol. The normalized spacial score (nSPS) is 13.9. The summed E-state index contributed by atoms with van der Waals surface area (Å²) in [5, 5.41) is 0.246. The van der Waals surface area contributed by atoms with Crippen LogP contribution < -0.4 is 0 Å². The highest BCUT2D eigenvalue weighted by Gasteiger charge is 2.34. The Morgan fingerprint density at radius 1 is 0.889 bits per heavy atom. The van der Waals surface area contributed by atoms with Gasteiger partial charge in [0.2, 0.25) is 11.2 Å². The van der Waals surface area contributed by atoms with Gasteiger partial charge in [0.05, 0.1) is 14.9 Å². The second-order valence-electron chi connectivity index (χ2n) is 5.24. The van der Waals surface area contributed by atoms with Crippen molar-refractivity contribution >= 4 is 34.4 Å². The van der Waals surface area contributed by atoms with Crippen molar-refractivity contribution in [1.29, 1.82) is 0 Å². The summed E-state index contributed by atoms with van der Waals surface area (Å²) < 4.78 is 39.2. The number of hydrogen-bond acceptors (Lipinski definition) is 0. The largest absolute Gasteiger partial charge is 0.238 e. The standard InChI is InChI=1S/C12H15Cl2F3S/c1-6-9(13)8(12(3,4)5)10(14)7(2)11(6)18(15,16)17/h1-5H3. The molecule has 0 unspecified atom stereocenters. The highest BCUT2D eigenvalue weighted by molar-refractivity contribution is 8.21. The van der Waals surface area contributed by atoms with Crippen molar-refractivity contribution < 1.29 is 11.7 Å². The van der Waals surface area contributed by atoms with E-state index in [-0.39, 0.29) is 21.2 Å². The maximum atomic E-state index is 13.1. The van der Waals surface area contributed by atoms with E-state index in [9.17, 15) is 11.7 Å². The summed E-state index contributed by atoms with van der Waals surface area (Å²) in [6, 6.07) is 0. The molecule has 0 aliphatic heterocycles. The summed E-state index contributed by atoms with van der Waals surface area (Å²) in [6.45, 7) is 8.42. The summed E-state index contributed by atoms with van der Waals surface area (Å²) in [7, 11) is 0. The van der Waals surface area contributed by atoms with Gasteiger partial charge in [-0.2, -0.15) is 0 Å². The minimum atomic E-state index is -5.34. The number of rotatable bonds is 1. The minimum absolute atomic E-state index is 0.0750. The molecule has 0 aliphatic carbocycles. The lowest BCUT2D eigenvalue weighted by Gasteiger charge is -2.27. The van der Waals surface area contributed by atoms with Crippen molar-refractivity contribution in [3.05, 3.63) is 26.7 Å². The van der Waals surface area contributed by atoms with Crippen LogP contribution >= 0.6 is 34.4 Å². The zero-order valence-corrected chi connectivity index (χ0v) is 13.1. The fraction of sp³-hybridized carbons (Fsp3) is 0.500. The first-order valence-corrected chi connectivity index (χ1v) is 7.38. The van der Waals surface area contributed by atoms with Gasteiger partial charge in [-0.3, -0.25) is 0 Å². The maximum Gasteiger partial charge on any atom is 0.238 e. The van der Waals surface area contributed by atoms with E-state index >= 15 is 0 Å². The summed E-state index contributed by atoms with van der Waals surface area (Å²) in [5.41, 5.74) is 0.327. The lowest BCUT2D eigenvalue weighted by Crippen LogP contribution is -2.15. The molecule has 104 valence electrons. The van der Waals surface area contributed by atoms with Crippen LogP contribution in [0.3, 0.4) is 0 Å². The SMILES string of the molecule is Cc1c(Cl)c(C(C)(C)C)c(Cl)c(C)c1S(F)(F)F. The molecule has 0 amide bonds. The Kier molecular flexibility index (Phi) is 4.27.